The molecule has 2 N–H and O–H groups in total. The molecule has 46 heavy (non-hydrogen) atoms. The molecule has 0 saturated carbocycles. The summed E-state index contributed by atoms with van der Waals surface area (Å²) >= 11 is 0. The van der Waals surface area contributed by atoms with Gasteiger partial charge in [-0.05, 0) is 77.9 Å². The topological polar surface area (TPSA) is 121 Å². The Morgan fingerprint density at radius 3 is 1.50 bits per heavy atom. The summed E-state index contributed by atoms with van der Waals surface area (Å²) in [6.07, 6.45) is 2.30. The van der Waals surface area contributed by atoms with Gasteiger partial charge in [-0.3, -0.25) is 0 Å². The van der Waals surface area contributed by atoms with Crippen molar-refractivity contribution in [3.05, 3.63) is 70.8 Å². The SMILES string of the molecule is COc1ccc(CCNc2nc(NCCc3ccc(OC)c(OC)c3)nc(N3CCc4cc(OC)c(OC)cc4C3)n2)cc1OC. The van der Waals surface area contributed by atoms with Gasteiger partial charge >= 0.3 is 0 Å². The van der Waals surface area contributed by atoms with Crippen LogP contribution < -0.4 is 44.0 Å². The van der Waals surface area contributed by atoms with E-state index in [-0.39, 0.29) is 0 Å². The second-order valence-electron chi connectivity index (χ2n) is 10.7. The van der Waals surface area contributed by atoms with Gasteiger partial charge in [-0.1, -0.05) is 12.1 Å². The van der Waals surface area contributed by atoms with Crippen LogP contribution in [0.15, 0.2) is 48.5 Å². The van der Waals surface area contributed by atoms with Crippen molar-refractivity contribution >= 4 is 17.8 Å². The first kappa shape index (κ1) is 32.3. The molecule has 0 amide bonds. The molecule has 244 valence electrons. The van der Waals surface area contributed by atoms with Gasteiger partial charge < -0.3 is 44.0 Å². The van der Waals surface area contributed by atoms with Crippen LogP contribution in [0.5, 0.6) is 34.5 Å². The molecule has 0 atom stereocenters. The van der Waals surface area contributed by atoms with Gasteiger partial charge in [-0.2, -0.15) is 15.0 Å². The highest BCUT2D eigenvalue weighted by molar-refractivity contribution is 5.52. The molecule has 1 aliphatic rings. The molecule has 0 bridgehead atoms. The molecule has 0 fully saturated rings. The molecule has 0 unspecified atom stereocenters. The fourth-order valence-electron chi connectivity index (χ4n) is 5.43. The first-order valence-corrected chi connectivity index (χ1v) is 15.1. The van der Waals surface area contributed by atoms with Crippen molar-refractivity contribution in [2.45, 2.75) is 25.8 Å². The summed E-state index contributed by atoms with van der Waals surface area (Å²) in [5.74, 6) is 5.82. The van der Waals surface area contributed by atoms with Crippen LogP contribution in [0.1, 0.15) is 22.3 Å². The van der Waals surface area contributed by atoms with Crippen molar-refractivity contribution in [1.29, 1.82) is 0 Å². The molecule has 12 heteroatoms. The van der Waals surface area contributed by atoms with E-state index in [1.807, 2.05) is 42.5 Å². The first-order valence-electron chi connectivity index (χ1n) is 15.1. The number of aromatic nitrogens is 3. The molecule has 4 aromatic rings. The Morgan fingerprint density at radius 2 is 1.02 bits per heavy atom. The number of fused-ring (bicyclic) bond motifs is 1. The lowest BCUT2D eigenvalue weighted by atomic mass is 9.99. The number of nitrogens with one attached hydrogen (secondary N) is 2. The summed E-state index contributed by atoms with van der Waals surface area (Å²) in [6, 6.07) is 15.9. The molecule has 1 aromatic heterocycles. The maximum atomic E-state index is 5.56. The second kappa shape index (κ2) is 15.2. The van der Waals surface area contributed by atoms with Crippen molar-refractivity contribution in [3.63, 3.8) is 0 Å². The summed E-state index contributed by atoms with van der Waals surface area (Å²) in [5, 5.41) is 6.80. The van der Waals surface area contributed by atoms with E-state index in [9.17, 15) is 0 Å². The average Bonchev–Trinajstić information content (AvgIpc) is 3.10. The van der Waals surface area contributed by atoms with Gasteiger partial charge in [0.05, 0.1) is 42.7 Å². The fourth-order valence-corrected chi connectivity index (χ4v) is 5.43. The third-order valence-corrected chi connectivity index (χ3v) is 7.91. The van der Waals surface area contributed by atoms with Gasteiger partial charge in [0.2, 0.25) is 17.8 Å². The molecular formula is C34H42N6O6. The van der Waals surface area contributed by atoms with E-state index >= 15 is 0 Å². The fraction of sp³-hybridized carbons (Fsp3) is 0.382. The van der Waals surface area contributed by atoms with E-state index in [1.54, 1.807) is 42.7 Å². The van der Waals surface area contributed by atoms with Crippen LogP contribution in [-0.2, 0) is 25.8 Å². The molecule has 1 aliphatic heterocycles. The van der Waals surface area contributed by atoms with Crippen LogP contribution in [0, 0.1) is 0 Å². The molecule has 0 aliphatic carbocycles. The third kappa shape index (κ3) is 7.56. The van der Waals surface area contributed by atoms with E-state index in [0.29, 0.717) is 66.2 Å². The van der Waals surface area contributed by atoms with Crippen molar-refractivity contribution in [3.8, 4) is 34.5 Å². The third-order valence-electron chi connectivity index (χ3n) is 7.91. The number of hydrogen-bond donors (Lipinski definition) is 2. The summed E-state index contributed by atoms with van der Waals surface area (Å²) in [4.78, 5) is 16.5. The predicted octanol–water partition coefficient (Wildman–Crippen LogP) is 4.80. The lowest BCUT2D eigenvalue weighted by Crippen LogP contribution is -2.32. The van der Waals surface area contributed by atoms with Gasteiger partial charge in [0.25, 0.3) is 0 Å². The Hall–Kier alpha value is -5.13. The summed E-state index contributed by atoms with van der Waals surface area (Å²) in [6.45, 7) is 2.62. The van der Waals surface area contributed by atoms with Crippen LogP contribution in [0.2, 0.25) is 0 Å². The van der Waals surface area contributed by atoms with Gasteiger partial charge in [-0.25, -0.2) is 0 Å². The molecule has 5 rings (SSSR count). The molecule has 0 radical (unpaired) electrons. The minimum Gasteiger partial charge on any atom is -0.493 e. The summed E-state index contributed by atoms with van der Waals surface area (Å²) < 4.78 is 32.8. The van der Waals surface area contributed by atoms with Crippen LogP contribution in [0.25, 0.3) is 0 Å². The zero-order valence-electron chi connectivity index (χ0n) is 27.3. The number of ether oxygens (including phenoxy) is 6. The summed E-state index contributed by atoms with van der Waals surface area (Å²) in [7, 11) is 9.84. The van der Waals surface area contributed by atoms with Gasteiger partial charge in [0.1, 0.15) is 0 Å². The second-order valence-corrected chi connectivity index (χ2v) is 10.7. The van der Waals surface area contributed by atoms with E-state index in [4.69, 9.17) is 43.4 Å². The standard InChI is InChI=1S/C34H42N6O6/c1-41-26-9-7-22(17-28(26)43-3)11-14-35-32-37-33(36-15-12-23-8-10-27(42-2)29(18-23)44-4)39-34(38-32)40-16-13-24-19-30(45-5)31(46-6)20-25(24)21-40/h7-10,17-20H,11-16,21H2,1-6H3,(H2,35,36,37,38,39). The monoisotopic (exact) mass is 630 g/mol. The lowest BCUT2D eigenvalue weighted by molar-refractivity contribution is 0.353. The van der Waals surface area contributed by atoms with Crippen molar-refractivity contribution in [2.75, 3.05) is 77.8 Å². The maximum Gasteiger partial charge on any atom is 0.232 e. The molecule has 0 saturated heterocycles. The zero-order valence-corrected chi connectivity index (χ0v) is 27.3. The number of nitrogens with zero attached hydrogens (tertiary/aromatic N) is 4. The van der Waals surface area contributed by atoms with E-state index < -0.39 is 0 Å². The number of anilines is 3. The van der Waals surface area contributed by atoms with Crippen LogP contribution in [0.4, 0.5) is 17.8 Å². The summed E-state index contributed by atoms with van der Waals surface area (Å²) in [5.41, 5.74) is 4.58. The molecular weight excluding hydrogens is 588 g/mol. The van der Waals surface area contributed by atoms with Crippen molar-refractivity contribution in [1.82, 2.24) is 15.0 Å². The smallest absolute Gasteiger partial charge is 0.232 e. The van der Waals surface area contributed by atoms with Gasteiger partial charge in [-0.15, -0.1) is 0 Å². The molecule has 12 nitrogen and oxygen atoms in total. The Kier molecular flexibility index (Phi) is 10.7. The largest absolute Gasteiger partial charge is 0.493 e. The lowest BCUT2D eigenvalue weighted by Gasteiger charge is -2.30. The Labute approximate surface area is 270 Å². The maximum absolute atomic E-state index is 5.56. The normalized spacial score (nSPS) is 12.2. The Bertz CT molecular complexity index is 1550. The zero-order chi connectivity index (χ0) is 32.5. The predicted molar refractivity (Wildman–Crippen MR) is 178 cm³/mol. The highest BCUT2D eigenvalue weighted by atomic mass is 16.5. The van der Waals surface area contributed by atoms with Crippen molar-refractivity contribution in [2.24, 2.45) is 0 Å². The van der Waals surface area contributed by atoms with E-state index in [2.05, 4.69) is 21.6 Å². The minimum atomic E-state index is 0.497. The average molecular weight is 631 g/mol. The number of hydrogen-bond acceptors (Lipinski definition) is 12. The van der Waals surface area contributed by atoms with E-state index in [1.165, 1.54) is 5.56 Å². The van der Waals surface area contributed by atoms with Crippen LogP contribution in [-0.4, -0.2) is 77.2 Å². The Morgan fingerprint density at radius 1 is 0.565 bits per heavy atom. The van der Waals surface area contributed by atoms with Gasteiger partial charge in [0, 0.05) is 26.2 Å². The Balaban J connectivity index is 1.34. The number of rotatable bonds is 15. The highest BCUT2D eigenvalue weighted by Gasteiger charge is 2.22. The van der Waals surface area contributed by atoms with Gasteiger partial charge in [0.15, 0.2) is 34.5 Å². The first-order chi connectivity index (χ1) is 22.5. The van der Waals surface area contributed by atoms with E-state index in [0.717, 1.165) is 48.2 Å². The molecule has 0 spiro atoms. The minimum absolute atomic E-state index is 0.497. The quantitative estimate of drug-likeness (QED) is 0.188. The molecule has 2 heterocycles. The van der Waals surface area contributed by atoms with Crippen LogP contribution in [0.3, 0.4) is 0 Å². The number of benzene rings is 3. The molecule has 3 aromatic carbocycles. The van der Waals surface area contributed by atoms with Crippen LogP contribution >= 0.6 is 0 Å². The highest BCUT2D eigenvalue weighted by Crippen LogP contribution is 2.34. The number of methoxy groups -OCH3 is 6. The van der Waals surface area contributed by atoms with Crippen molar-refractivity contribution < 1.29 is 28.4 Å².